The fourth-order valence-corrected chi connectivity index (χ4v) is 6.86. The normalized spacial score (nSPS) is 12.1. The SMILES string of the molecule is CC(C)(C)c1ccc2c(-c3ccccc3)c3ccccc3c(-c3ccc4c(c3)c3ccccc3n4-c3ccccc3)c2c1. The molecule has 43 heavy (non-hydrogen) atoms. The standard InChI is InChI=1S/C42H33N/c1-42(2,3)30-23-24-35-37(27-30)41(34-20-11-10-19-33(34)40(35)28-14-6-4-7-15-28)29-22-25-39-36(26-29)32-18-12-13-21-38(32)43(39)31-16-8-5-9-17-31/h4-27H,1-3H3. The third-order valence-electron chi connectivity index (χ3n) is 8.93. The van der Waals surface area contributed by atoms with Crippen LogP contribution in [-0.4, -0.2) is 4.57 Å². The molecule has 0 unspecified atom stereocenters. The van der Waals surface area contributed by atoms with E-state index in [4.69, 9.17) is 0 Å². The van der Waals surface area contributed by atoms with Crippen LogP contribution in [0.1, 0.15) is 26.3 Å². The average Bonchev–Trinajstić information content (AvgIpc) is 3.37. The van der Waals surface area contributed by atoms with Gasteiger partial charge in [0.2, 0.25) is 0 Å². The van der Waals surface area contributed by atoms with Crippen LogP contribution in [0.3, 0.4) is 0 Å². The molecule has 0 spiro atoms. The molecule has 8 rings (SSSR count). The lowest BCUT2D eigenvalue weighted by molar-refractivity contribution is 0.591. The van der Waals surface area contributed by atoms with Crippen molar-refractivity contribution < 1.29 is 0 Å². The second kappa shape index (κ2) is 9.71. The first-order valence-electron chi connectivity index (χ1n) is 15.1. The van der Waals surface area contributed by atoms with Crippen LogP contribution in [0.25, 0.3) is 71.3 Å². The van der Waals surface area contributed by atoms with E-state index in [0.29, 0.717) is 0 Å². The summed E-state index contributed by atoms with van der Waals surface area (Å²) in [5.74, 6) is 0. The van der Waals surface area contributed by atoms with Crippen molar-refractivity contribution in [3.05, 3.63) is 151 Å². The lowest BCUT2D eigenvalue weighted by Gasteiger charge is -2.23. The Kier molecular flexibility index (Phi) is 5.77. The summed E-state index contributed by atoms with van der Waals surface area (Å²) in [5.41, 5.74) is 10.1. The van der Waals surface area contributed by atoms with Crippen molar-refractivity contribution in [2.75, 3.05) is 0 Å². The van der Waals surface area contributed by atoms with Crippen molar-refractivity contribution in [3.8, 4) is 27.9 Å². The van der Waals surface area contributed by atoms with E-state index in [2.05, 4.69) is 171 Å². The number of hydrogen-bond donors (Lipinski definition) is 0. The molecule has 0 aliphatic heterocycles. The third-order valence-corrected chi connectivity index (χ3v) is 8.93. The lowest BCUT2D eigenvalue weighted by atomic mass is 9.81. The predicted octanol–water partition coefficient (Wildman–Crippen LogP) is 11.7. The Hall–Kier alpha value is -5.14. The second-order valence-electron chi connectivity index (χ2n) is 12.6. The molecule has 0 saturated carbocycles. The van der Waals surface area contributed by atoms with E-state index in [1.165, 1.54) is 76.9 Å². The van der Waals surface area contributed by atoms with Crippen LogP contribution in [0.5, 0.6) is 0 Å². The highest BCUT2D eigenvalue weighted by Crippen LogP contribution is 2.46. The Morgan fingerprint density at radius 2 is 0.953 bits per heavy atom. The second-order valence-corrected chi connectivity index (χ2v) is 12.6. The summed E-state index contributed by atoms with van der Waals surface area (Å²) in [7, 11) is 0. The van der Waals surface area contributed by atoms with Gasteiger partial charge in [0.05, 0.1) is 11.0 Å². The van der Waals surface area contributed by atoms with Gasteiger partial charge < -0.3 is 4.57 Å². The zero-order valence-corrected chi connectivity index (χ0v) is 24.8. The van der Waals surface area contributed by atoms with Crippen LogP contribution in [-0.2, 0) is 5.41 Å². The van der Waals surface area contributed by atoms with Crippen molar-refractivity contribution in [1.29, 1.82) is 0 Å². The molecule has 0 atom stereocenters. The zero-order chi connectivity index (χ0) is 29.1. The van der Waals surface area contributed by atoms with Crippen LogP contribution in [0.2, 0.25) is 0 Å². The largest absolute Gasteiger partial charge is 0.309 e. The van der Waals surface area contributed by atoms with Gasteiger partial charge in [0, 0.05) is 16.5 Å². The number of fused-ring (bicyclic) bond motifs is 5. The van der Waals surface area contributed by atoms with Gasteiger partial charge >= 0.3 is 0 Å². The van der Waals surface area contributed by atoms with Crippen LogP contribution >= 0.6 is 0 Å². The lowest BCUT2D eigenvalue weighted by Crippen LogP contribution is -2.10. The molecule has 8 aromatic rings. The Morgan fingerprint density at radius 3 is 1.65 bits per heavy atom. The molecule has 0 bridgehead atoms. The van der Waals surface area contributed by atoms with Gasteiger partial charge in [-0.2, -0.15) is 0 Å². The summed E-state index contributed by atoms with van der Waals surface area (Å²) in [5, 5.41) is 7.70. The Bertz CT molecular complexity index is 2300. The summed E-state index contributed by atoms with van der Waals surface area (Å²) < 4.78 is 2.39. The van der Waals surface area contributed by atoms with Crippen LogP contribution in [0.15, 0.2) is 146 Å². The molecule has 0 aliphatic carbocycles. The topological polar surface area (TPSA) is 4.93 Å². The fraction of sp³-hybridized carbons (Fsp3) is 0.0952. The molecular formula is C42H33N. The number of hydrogen-bond acceptors (Lipinski definition) is 0. The summed E-state index contributed by atoms with van der Waals surface area (Å²) in [6, 6.07) is 53.5. The van der Waals surface area contributed by atoms with Gasteiger partial charge in [-0.15, -0.1) is 0 Å². The first-order chi connectivity index (χ1) is 21.0. The Balaban J connectivity index is 1.51. The van der Waals surface area contributed by atoms with Gasteiger partial charge in [-0.05, 0) is 91.2 Å². The molecule has 0 amide bonds. The zero-order valence-electron chi connectivity index (χ0n) is 24.8. The molecule has 1 heterocycles. The van der Waals surface area contributed by atoms with Gasteiger partial charge in [-0.1, -0.05) is 130 Å². The molecule has 0 aliphatic rings. The quantitative estimate of drug-likeness (QED) is 0.192. The third kappa shape index (κ3) is 4.07. The maximum Gasteiger partial charge on any atom is 0.0541 e. The molecule has 0 fully saturated rings. The van der Waals surface area contributed by atoms with E-state index in [1.807, 2.05) is 0 Å². The minimum Gasteiger partial charge on any atom is -0.309 e. The summed E-state index contributed by atoms with van der Waals surface area (Å²) in [6.07, 6.45) is 0. The highest BCUT2D eigenvalue weighted by Gasteiger charge is 2.21. The highest BCUT2D eigenvalue weighted by atomic mass is 15.0. The van der Waals surface area contributed by atoms with Crippen molar-refractivity contribution in [1.82, 2.24) is 4.57 Å². The van der Waals surface area contributed by atoms with Crippen molar-refractivity contribution in [2.45, 2.75) is 26.2 Å². The molecular weight excluding hydrogens is 518 g/mol. The summed E-state index contributed by atoms with van der Waals surface area (Å²) in [4.78, 5) is 0. The number of aromatic nitrogens is 1. The van der Waals surface area contributed by atoms with Crippen molar-refractivity contribution >= 4 is 43.4 Å². The molecule has 1 heteroatoms. The Labute approximate surface area is 252 Å². The maximum atomic E-state index is 2.45. The molecule has 0 saturated heterocycles. The van der Waals surface area contributed by atoms with E-state index in [-0.39, 0.29) is 5.41 Å². The van der Waals surface area contributed by atoms with Crippen molar-refractivity contribution in [3.63, 3.8) is 0 Å². The van der Waals surface area contributed by atoms with Gasteiger partial charge in [0.1, 0.15) is 0 Å². The van der Waals surface area contributed by atoms with E-state index in [9.17, 15) is 0 Å². The van der Waals surface area contributed by atoms with E-state index >= 15 is 0 Å². The predicted molar refractivity (Wildman–Crippen MR) is 185 cm³/mol. The van der Waals surface area contributed by atoms with Crippen molar-refractivity contribution in [2.24, 2.45) is 0 Å². The van der Waals surface area contributed by atoms with Crippen LogP contribution < -0.4 is 0 Å². The first-order valence-corrected chi connectivity index (χ1v) is 15.1. The number of benzene rings is 7. The molecule has 1 nitrogen and oxygen atoms in total. The first kappa shape index (κ1) is 25.6. The minimum atomic E-state index is 0.0388. The molecule has 206 valence electrons. The van der Waals surface area contributed by atoms with Crippen LogP contribution in [0.4, 0.5) is 0 Å². The number of para-hydroxylation sites is 2. The monoisotopic (exact) mass is 551 g/mol. The number of nitrogens with zero attached hydrogens (tertiary/aromatic N) is 1. The van der Waals surface area contributed by atoms with Gasteiger partial charge in [-0.3, -0.25) is 0 Å². The maximum absolute atomic E-state index is 2.45. The van der Waals surface area contributed by atoms with Gasteiger partial charge in [0.25, 0.3) is 0 Å². The van der Waals surface area contributed by atoms with E-state index < -0.39 is 0 Å². The fourth-order valence-electron chi connectivity index (χ4n) is 6.86. The molecule has 7 aromatic carbocycles. The smallest absolute Gasteiger partial charge is 0.0541 e. The average molecular weight is 552 g/mol. The Morgan fingerprint density at radius 1 is 0.395 bits per heavy atom. The highest BCUT2D eigenvalue weighted by molar-refractivity contribution is 6.22. The van der Waals surface area contributed by atoms with E-state index in [0.717, 1.165) is 0 Å². The molecule has 0 N–H and O–H groups in total. The molecule has 0 radical (unpaired) electrons. The van der Waals surface area contributed by atoms with Gasteiger partial charge in [-0.25, -0.2) is 0 Å². The summed E-state index contributed by atoms with van der Waals surface area (Å²) in [6.45, 7) is 6.91. The van der Waals surface area contributed by atoms with Gasteiger partial charge in [0.15, 0.2) is 0 Å². The van der Waals surface area contributed by atoms with Crippen LogP contribution in [0, 0.1) is 0 Å². The van der Waals surface area contributed by atoms with E-state index in [1.54, 1.807) is 0 Å². The number of rotatable bonds is 3. The minimum absolute atomic E-state index is 0.0388. The molecule has 1 aromatic heterocycles. The summed E-state index contributed by atoms with van der Waals surface area (Å²) >= 11 is 0.